The van der Waals surface area contributed by atoms with Gasteiger partial charge >= 0.3 is 6.03 Å². The molecule has 0 aliphatic heterocycles. The van der Waals surface area contributed by atoms with E-state index in [1.54, 1.807) is 31.2 Å². The summed E-state index contributed by atoms with van der Waals surface area (Å²) in [4.78, 5) is 11.9. The van der Waals surface area contributed by atoms with Crippen LogP contribution < -0.4 is 10.6 Å². The Hall–Kier alpha value is -1.85. The van der Waals surface area contributed by atoms with Crippen molar-refractivity contribution in [1.29, 1.82) is 0 Å². The van der Waals surface area contributed by atoms with Gasteiger partial charge in [0.15, 0.2) is 0 Å². The fraction of sp³-hybridized carbons (Fsp3) is 0.188. The minimum absolute atomic E-state index is 0.308. The van der Waals surface area contributed by atoms with E-state index in [9.17, 15) is 9.90 Å². The SMILES string of the molecule is Cc1cc(Br)cc(NC(=O)Nc2ccc(C(C)O)cc2)c1. The molecule has 0 radical (unpaired) electrons. The zero-order chi connectivity index (χ0) is 15.4. The van der Waals surface area contributed by atoms with Crippen LogP contribution >= 0.6 is 15.9 Å². The number of anilines is 2. The van der Waals surface area contributed by atoms with Crippen LogP contribution in [-0.4, -0.2) is 11.1 Å². The number of aryl methyl sites for hydroxylation is 1. The molecule has 5 heteroatoms. The zero-order valence-electron chi connectivity index (χ0n) is 11.9. The van der Waals surface area contributed by atoms with Crippen LogP contribution in [0.2, 0.25) is 0 Å². The predicted octanol–water partition coefficient (Wildman–Crippen LogP) is 4.45. The van der Waals surface area contributed by atoms with E-state index in [4.69, 9.17) is 0 Å². The quantitative estimate of drug-likeness (QED) is 0.766. The first kappa shape index (κ1) is 15.5. The summed E-state index contributed by atoms with van der Waals surface area (Å²) in [6.07, 6.45) is -0.516. The van der Waals surface area contributed by atoms with E-state index in [0.717, 1.165) is 21.3 Å². The number of rotatable bonds is 3. The van der Waals surface area contributed by atoms with Gasteiger partial charge in [0.1, 0.15) is 0 Å². The fourth-order valence-electron chi connectivity index (χ4n) is 1.95. The van der Waals surface area contributed by atoms with Crippen LogP contribution in [0.5, 0.6) is 0 Å². The Morgan fingerprint density at radius 2 is 1.71 bits per heavy atom. The van der Waals surface area contributed by atoms with Crippen LogP contribution in [0.15, 0.2) is 46.9 Å². The molecular formula is C16H17BrN2O2. The highest BCUT2D eigenvalue weighted by Crippen LogP contribution is 2.20. The zero-order valence-corrected chi connectivity index (χ0v) is 13.4. The van der Waals surface area contributed by atoms with E-state index < -0.39 is 6.10 Å². The molecule has 3 N–H and O–H groups in total. The Bertz CT molecular complexity index is 619. The van der Waals surface area contributed by atoms with Gasteiger partial charge in [0.05, 0.1) is 6.10 Å². The molecule has 0 saturated heterocycles. The van der Waals surface area contributed by atoms with E-state index in [-0.39, 0.29) is 6.03 Å². The number of benzene rings is 2. The van der Waals surface area contributed by atoms with Gasteiger partial charge in [0.2, 0.25) is 0 Å². The number of halogens is 1. The van der Waals surface area contributed by atoms with Crippen molar-refractivity contribution < 1.29 is 9.90 Å². The van der Waals surface area contributed by atoms with Crippen LogP contribution in [0.1, 0.15) is 24.2 Å². The second-order valence-electron chi connectivity index (χ2n) is 4.89. The third-order valence-electron chi connectivity index (χ3n) is 2.95. The van der Waals surface area contributed by atoms with E-state index in [0.29, 0.717) is 5.69 Å². The van der Waals surface area contributed by atoms with Crippen molar-refractivity contribution in [3.63, 3.8) is 0 Å². The molecule has 0 aliphatic carbocycles. The summed E-state index contributed by atoms with van der Waals surface area (Å²) in [6, 6.07) is 12.5. The summed E-state index contributed by atoms with van der Waals surface area (Å²) < 4.78 is 0.916. The van der Waals surface area contributed by atoms with Crippen molar-refractivity contribution >= 4 is 33.3 Å². The summed E-state index contributed by atoms with van der Waals surface area (Å²) in [7, 11) is 0. The molecule has 0 aromatic heterocycles. The Labute approximate surface area is 132 Å². The van der Waals surface area contributed by atoms with Gasteiger partial charge in [-0.25, -0.2) is 4.79 Å². The van der Waals surface area contributed by atoms with Gasteiger partial charge in [-0.05, 0) is 55.3 Å². The third kappa shape index (κ3) is 4.58. The Balaban J connectivity index is 2.01. The van der Waals surface area contributed by atoms with Crippen LogP contribution in [0.3, 0.4) is 0 Å². The highest BCUT2D eigenvalue weighted by atomic mass is 79.9. The van der Waals surface area contributed by atoms with Gasteiger partial charge in [-0.2, -0.15) is 0 Å². The lowest BCUT2D eigenvalue weighted by Gasteiger charge is -2.10. The Morgan fingerprint density at radius 3 is 2.29 bits per heavy atom. The van der Waals surface area contributed by atoms with Crippen molar-refractivity contribution in [3.8, 4) is 0 Å². The van der Waals surface area contributed by atoms with Gasteiger partial charge in [-0.15, -0.1) is 0 Å². The molecule has 2 rings (SSSR count). The van der Waals surface area contributed by atoms with Gasteiger partial charge in [0.25, 0.3) is 0 Å². The second kappa shape index (κ2) is 6.74. The molecule has 1 unspecified atom stereocenters. The molecule has 2 aromatic carbocycles. The summed E-state index contributed by atoms with van der Waals surface area (Å²) in [6.45, 7) is 3.66. The topological polar surface area (TPSA) is 61.4 Å². The molecule has 0 bridgehead atoms. The van der Waals surface area contributed by atoms with Gasteiger partial charge < -0.3 is 15.7 Å². The maximum Gasteiger partial charge on any atom is 0.323 e. The molecule has 0 heterocycles. The number of aliphatic hydroxyl groups is 1. The average Bonchev–Trinajstić information content (AvgIpc) is 2.37. The number of urea groups is 1. The Morgan fingerprint density at radius 1 is 1.10 bits per heavy atom. The number of hydrogen-bond donors (Lipinski definition) is 3. The van der Waals surface area contributed by atoms with Crippen LogP contribution in [-0.2, 0) is 0 Å². The van der Waals surface area contributed by atoms with Gasteiger partial charge in [0, 0.05) is 15.8 Å². The molecule has 0 fully saturated rings. The highest BCUT2D eigenvalue weighted by Gasteiger charge is 2.05. The number of aliphatic hydroxyl groups excluding tert-OH is 1. The smallest absolute Gasteiger partial charge is 0.323 e. The van der Waals surface area contributed by atoms with E-state index >= 15 is 0 Å². The highest BCUT2D eigenvalue weighted by molar-refractivity contribution is 9.10. The molecule has 2 aromatic rings. The lowest BCUT2D eigenvalue weighted by atomic mass is 10.1. The number of amides is 2. The molecule has 110 valence electrons. The van der Waals surface area contributed by atoms with Crippen LogP contribution in [0, 0.1) is 6.92 Å². The van der Waals surface area contributed by atoms with Crippen molar-refractivity contribution in [1.82, 2.24) is 0 Å². The van der Waals surface area contributed by atoms with Crippen LogP contribution in [0.4, 0.5) is 16.2 Å². The number of hydrogen-bond acceptors (Lipinski definition) is 2. The first-order valence-corrected chi connectivity index (χ1v) is 7.36. The fourth-order valence-corrected chi connectivity index (χ4v) is 2.55. The largest absolute Gasteiger partial charge is 0.389 e. The van der Waals surface area contributed by atoms with E-state index in [1.807, 2.05) is 25.1 Å². The van der Waals surface area contributed by atoms with Crippen LogP contribution in [0.25, 0.3) is 0 Å². The van der Waals surface area contributed by atoms with Gasteiger partial charge in [-0.1, -0.05) is 28.1 Å². The monoisotopic (exact) mass is 348 g/mol. The van der Waals surface area contributed by atoms with Crippen molar-refractivity contribution in [2.24, 2.45) is 0 Å². The van der Waals surface area contributed by atoms with Crippen molar-refractivity contribution in [2.75, 3.05) is 10.6 Å². The van der Waals surface area contributed by atoms with E-state index in [2.05, 4.69) is 26.6 Å². The first-order chi connectivity index (χ1) is 9.94. The standard InChI is InChI=1S/C16H17BrN2O2/c1-10-7-13(17)9-15(8-10)19-16(21)18-14-5-3-12(4-6-14)11(2)20/h3-9,11,20H,1-2H3,(H2,18,19,21). The summed E-state index contributed by atoms with van der Waals surface area (Å²) in [5, 5.41) is 15.0. The average molecular weight is 349 g/mol. The van der Waals surface area contributed by atoms with E-state index in [1.165, 1.54) is 0 Å². The molecule has 21 heavy (non-hydrogen) atoms. The Kier molecular flexibility index (Phi) is 4.98. The lowest BCUT2D eigenvalue weighted by molar-refractivity contribution is 0.199. The molecule has 4 nitrogen and oxygen atoms in total. The maximum atomic E-state index is 11.9. The summed E-state index contributed by atoms with van der Waals surface area (Å²) in [5.74, 6) is 0. The molecule has 2 amide bonds. The van der Waals surface area contributed by atoms with Crippen molar-refractivity contribution in [3.05, 3.63) is 58.1 Å². The molecule has 0 spiro atoms. The summed E-state index contributed by atoms with van der Waals surface area (Å²) in [5.41, 5.74) is 3.26. The number of carbonyl (C=O) groups is 1. The second-order valence-corrected chi connectivity index (χ2v) is 5.81. The lowest BCUT2D eigenvalue weighted by Crippen LogP contribution is -2.19. The molecule has 0 aliphatic rings. The molecular weight excluding hydrogens is 332 g/mol. The first-order valence-electron chi connectivity index (χ1n) is 6.57. The predicted molar refractivity (Wildman–Crippen MR) is 88.6 cm³/mol. The summed E-state index contributed by atoms with van der Waals surface area (Å²) >= 11 is 3.40. The maximum absolute atomic E-state index is 11.9. The number of nitrogens with one attached hydrogen (secondary N) is 2. The molecule has 1 atom stereocenters. The van der Waals surface area contributed by atoms with Gasteiger partial charge in [-0.3, -0.25) is 0 Å². The number of carbonyl (C=O) groups excluding carboxylic acids is 1. The van der Waals surface area contributed by atoms with Crippen molar-refractivity contribution in [2.45, 2.75) is 20.0 Å². The normalized spacial score (nSPS) is 11.8. The molecule has 0 saturated carbocycles. The minimum Gasteiger partial charge on any atom is -0.389 e. The third-order valence-corrected chi connectivity index (χ3v) is 3.41. The minimum atomic E-state index is -0.516.